The van der Waals surface area contributed by atoms with Crippen molar-refractivity contribution in [2.75, 3.05) is 5.32 Å². The summed E-state index contributed by atoms with van der Waals surface area (Å²) < 4.78 is 42.0. The summed E-state index contributed by atoms with van der Waals surface area (Å²) in [7, 11) is 0. The van der Waals surface area contributed by atoms with Crippen LogP contribution in [0.1, 0.15) is 11.3 Å². The van der Waals surface area contributed by atoms with E-state index in [1.54, 1.807) is 12.1 Å². The Kier molecular flexibility index (Phi) is 4.43. The number of rotatable bonds is 3. The monoisotopic (exact) mass is 403 g/mol. The molecule has 4 aromatic rings. The molecule has 0 saturated carbocycles. The van der Waals surface area contributed by atoms with Crippen LogP contribution < -0.4 is 5.32 Å². The lowest BCUT2D eigenvalue weighted by molar-refractivity contribution is -0.140. The van der Waals surface area contributed by atoms with Crippen molar-refractivity contribution in [1.29, 1.82) is 0 Å². The second kappa shape index (κ2) is 6.79. The minimum absolute atomic E-state index is 0.134. The number of hydrogen-bond donors (Lipinski definition) is 1. The van der Waals surface area contributed by atoms with Crippen molar-refractivity contribution in [1.82, 2.24) is 19.4 Å². The van der Waals surface area contributed by atoms with Gasteiger partial charge in [0.05, 0.1) is 6.20 Å². The molecule has 0 saturated heterocycles. The molecule has 0 bridgehead atoms. The smallest absolute Gasteiger partial charge is 0.339 e. The third-order valence-electron chi connectivity index (χ3n) is 4.07. The molecule has 0 aliphatic carbocycles. The first kappa shape index (κ1) is 18.2. The van der Waals surface area contributed by atoms with E-state index in [0.717, 1.165) is 5.56 Å². The maximum absolute atomic E-state index is 13.6. The van der Waals surface area contributed by atoms with Gasteiger partial charge in [-0.3, -0.25) is 4.40 Å². The van der Waals surface area contributed by atoms with Gasteiger partial charge in [0.25, 0.3) is 0 Å². The maximum atomic E-state index is 13.6. The van der Waals surface area contributed by atoms with E-state index in [1.807, 2.05) is 31.2 Å². The average Bonchev–Trinajstić information content (AvgIpc) is 3.05. The Morgan fingerprint density at radius 3 is 2.50 bits per heavy atom. The number of hydrogen-bond acceptors (Lipinski definition) is 4. The van der Waals surface area contributed by atoms with Crippen LogP contribution in [0.5, 0.6) is 0 Å². The Hall–Kier alpha value is -3.13. The van der Waals surface area contributed by atoms with Crippen LogP contribution in [0.25, 0.3) is 17.2 Å². The van der Waals surface area contributed by atoms with E-state index in [0.29, 0.717) is 5.69 Å². The molecule has 0 spiro atoms. The summed E-state index contributed by atoms with van der Waals surface area (Å²) in [5.74, 6) is 0.0690. The van der Waals surface area contributed by atoms with Gasteiger partial charge in [-0.2, -0.15) is 13.2 Å². The number of aryl methyl sites for hydroxylation is 1. The Morgan fingerprint density at radius 2 is 1.79 bits per heavy atom. The fraction of sp³-hybridized carbons (Fsp3) is 0.105. The molecule has 142 valence electrons. The van der Waals surface area contributed by atoms with Crippen molar-refractivity contribution in [3.63, 3.8) is 0 Å². The van der Waals surface area contributed by atoms with Crippen LogP contribution in [0.4, 0.5) is 24.7 Å². The van der Waals surface area contributed by atoms with Gasteiger partial charge in [0, 0.05) is 11.9 Å². The zero-order valence-electron chi connectivity index (χ0n) is 14.5. The van der Waals surface area contributed by atoms with Gasteiger partial charge in [-0.15, -0.1) is 0 Å². The molecule has 0 aliphatic heterocycles. The molecule has 0 unspecified atom stereocenters. The van der Waals surface area contributed by atoms with Gasteiger partial charge in [0.2, 0.25) is 0 Å². The molecule has 0 fully saturated rings. The van der Waals surface area contributed by atoms with Crippen LogP contribution >= 0.6 is 11.6 Å². The summed E-state index contributed by atoms with van der Waals surface area (Å²) in [5, 5.41) is 3.20. The standard InChI is InChI=1S/C19H13ClF3N5/c1-11-5-7-12(8-6-11)25-17-13(20)10-24-18(27-17)15-16(19(21,22)23)26-14-4-2-3-9-28(14)15/h2-10H,1H3,(H,24,25,27). The lowest BCUT2D eigenvalue weighted by Gasteiger charge is -2.11. The third kappa shape index (κ3) is 3.38. The number of imidazole rings is 1. The molecular formula is C19H13ClF3N5. The molecule has 0 atom stereocenters. The summed E-state index contributed by atoms with van der Waals surface area (Å²) in [5.41, 5.74) is 0.623. The highest BCUT2D eigenvalue weighted by atomic mass is 35.5. The first-order chi connectivity index (χ1) is 13.3. The number of nitrogens with one attached hydrogen (secondary N) is 1. The molecule has 1 N–H and O–H groups in total. The van der Waals surface area contributed by atoms with Gasteiger partial charge in [-0.05, 0) is 31.2 Å². The average molecular weight is 404 g/mol. The predicted molar refractivity (Wildman–Crippen MR) is 101 cm³/mol. The third-order valence-corrected chi connectivity index (χ3v) is 4.35. The number of aromatic nitrogens is 4. The Morgan fingerprint density at radius 1 is 1.04 bits per heavy atom. The van der Waals surface area contributed by atoms with Crippen LogP contribution in [-0.2, 0) is 6.18 Å². The zero-order chi connectivity index (χ0) is 19.9. The highest BCUT2D eigenvalue weighted by molar-refractivity contribution is 6.32. The molecule has 9 heteroatoms. The minimum atomic E-state index is -4.66. The number of halogens is 4. The van der Waals surface area contributed by atoms with Crippen LogP contribution in [0, 0.1) is 6.92 Å². The first-order valence-electron chi connectivity index (χ1n) is 8.24. The van der Waals surface area contributed by atoms with Crippen molar-refractivity contribution >= 4 is 28.8 Å². The van der Waals surface area contributed by atoms with Crippen LogP contribution in [0.2, 0.25) is 5.02 Å². The highest BCUT2D eigenvalue weighted by Gasteiger charge is 2.39. The number of fused-ring (bicyclic) bond motifs is 1. The summed E-state index contributed by atoms with van der Waals surface area (Å²) in [4.78, 5) is 12.0. The van der Waals surface area contributed by atoms with E-state index >= 15 is 0 Å². The van der Waals surface area contributed by atoms with Gasteiger partial charge < -0.3 is 5.32 Å². The van der Waals surface area contributed by atoms with Gasteiger partial charge >= 0.3 is 6.18 Å². The van der Waals surface area contributed by atoms with Crippen LogP contribution in [0.15, 0.2) is 54.9 Å². The molecule has 0 amide bonds. The van der Waals surface area contributed by atoms with E-state index in [9.17, 15) is 13.2 Å². The summed E-state index contributed by atoms with van der Waals surface area (Å²) >= 11 is 6.15. The second-order valence-electron chi connectivity index (χ2n) is 6.12. The maximum Gasteiger partial charge on any atom is 0.435 e. The fourth-order valence-corrected chi connectivity index (χ4v) is 2.89. The quantitative estimate of drug-likeness (QED) is 0.489. The Bertz CT molecular complexity index is 1150. The van der Waals surface area contributed by atoms with E-state index in [4.69, 9.17) is 11.6 Å². The largest absolute Gasteiger partial charge is 0.435 e. The van der Waals surface area contributed by atoms with Gasteiger partial charge in [0.15, 0.2) is 17.3 Å². The topological polar surface area (TPSA) is 55.1 Å². The molecule has 5 nitrogen and oxygen atoms in total. The second-order valence-corrected chi connectivity index (χ2v) is 6.52. The van der Waals surface area contributed by atoms with Crippen molar-refractivity contribution < 1.29 is 13.2 Å². The summed E-state index contributed by atoms with van der Waals surface area (Å²) in [6.45, 7) is 1.95. The van der Waals surface area contributed by atoms with Gasteiger partial charge in [-0.25, -0.2) is 15.0 Å². The normalized spacial score (nSPS) is 11.8. The summed E-state index contributed by atoms with van der Waals surface area (Å²) in [6.07, 6.45) is -1.91. The highest BCUT2D eigenvalue weighted by Crippen LogP contribution is 2.37. The number of anilines is 2. The molecule has 0 radical (unpaired) electrons. The first-order valence-corrected chi connectivity index (χ1v) is 8.61. The Balaban J connectivity index is 1.85. The number of benzene rings is 1. The SMILES string of the molecule is Cc1ccc(Nc2nc(-c3c(C(F)(F)F)nc4ccccn34)ncc2Cl)cc1. The van der Waals surface area contributed by atoms with Gasteiger partial charge in [-0.1, -0.05) is 35.4 Å². The van der Waals surface area contributed by atoms with E-state index < -0.39 is 11.9 Å². The van der Waals surface area contributed by atoms with Crippen LogP contribution in [0.3, 0.4) is 0 Å². The van der Waals surface area contributed by atoms with Crippen molar-refractivity contribution in [2.45, 2.75) is 13.1 Å². The molecule has 3 aromatic heterocycles. The molecule has 0 aliphatic rings. The minimum Gasteiger partial charge on any atom is -0.339 e. The van der Waals surface area contributed by atoms with E-state index in [2.05, 4.69) is 20.3 Å². The zero-order valence-corrected chi connectivity index (χ0v) is 15.3. The lowest BCUT2D eigenvalue weighted by atomic mass is 10.2. The van der Waals surface area contributed by atoms with Crippen LogP contribution in [-0.4, -0.2) is 19.4 Å². The number of alkyl halides is 3. The molecule has 28 heavy (non-hydrogen) atoms. The molecular weight excluding hydrogens is 391 g/mol. The van der Waals surface area contributed by atoms with E-state index in [1.165, 1.54) is 22.9 Å². The van der Waals surface area contributed by atoms with Crippen molar-refractivity contribution in [2.24, 2.45) is 0 Å². The lowest BCUT2D eigenvalue weighted by Crippen LogP contribution is -2.09. The molecule has 4 rings (SSSR count). The summed E-state index contributed by atoms with van der Waals surface area (Å²) in [6, 6.07) is 12.1. The number of pyridine rings is 1. The predicted octanol–water partition coefficient (Wildman–Crippen LogP) is 5.52. The molecule has 1 aromatic carbocycles. The van der Waals surface area contributed by atoms with Gasteiger partial charge in [0.1, 0.15) is 16.4 Å². The van der Waals surface area contributed by atoms with Crippen molar-refractivity contribution in [3.05, 3.63) is 71.1 Å². The number of nitrogens with zero attached hydrogens (tertiary/aromatic N) is 4. The van der Waals surface area contributed by atoms with E-state index in [-0.39, 0.29) is 28.0 Å². The van der Waals surface area contributed by atoms with Crippen molar-refractivity contribution in [3.8, 4) is 11.5 Å². The Labute approximate surface area is 162 Å². The molecule has 3 heterocycles. The fourth-order valence-electron chi connectivity index (χ4n) is 2.75.